The molecule has 0 aliphatic heterocycles. The fraction of sp³-hybridized carbons (Fsp3) is 0.455. The summed E-state index contributed by atoms with van der Waals surface area (Å²) >= 11 is 3.17. The van der Waals surface area contributed by atoms with Crippen LogP contribution in [0.3, 0.4) is 0 Å². The minimum atomic E-state index is -4.70. The maximum absolute atomic E-state index is 12.8. The third kappa shape index (κ3) is 3.11. The minimum Gasteiger partial charge on any atom is -0.207 e. The highest BCUT2D eigenvalue weighted by Gasteiger charge is 2.46. The highest BCUT2D eigenvalue weighted by molar-refractivity contribution is 9.09. The summed E-state index contributed by atoms with van der Waals surface area (Å²) in [6.45, 7) is 0. The van der Waals surface area contributed by atoms with Crippen molar-refractivity contribution in [3.63, 3.8) is 0 Å². The van der Waals surface area contributed by atoms with E-state index in [1.807, 2.05) is 0 Å². The van der Waals surface area contributed by atoms with Crippen LogP contribution in [0.15, 0.2) is 29.2 Å². The quantitative estimate of drug-likeness (QED) is 0.842. The van der Waals surface area contributed by atoms with E-state index >= 15 is 0 Å². The summed E-state index contributed by atoms with van der Waals surface area (Å²) in [7, 11) is -4.18. The lowest BCUT2D eigenvalue weighted by Gasteiger charge is -2.17. The van der Waals surface area contributed by atoms with E-state index in [0.29, 0.717) is 18.2 Å². The van der Waals surface area contributed by atoms with Gasteiger partial charge in [0.2, 0.25) is 10.0 Å². The molecule has 1 aliphatic carbocycles. The molecule has 0 amide bonds. The van der Waals surface area contributed by atoms with Crippen LogP contribution in [-0.2, 0) is 16.2 Å². The lowest BCUT2D eigenvalue weighted by Crippen LogP contribution is -2.38. The molecule has 1 aromatic carbocycles. The summed E-state index contributed by atoms with van der Waals surface area (Å²) in [5.74, 6) is 0. The first-order valence-electron chi connectivity index (χ1n) is 5.46. The monoisotopic (exact) mass is 357 g/mol. The van der Waals surface area contributed by atoms with Gasteiger partial charge < -0.3 is 0 Å². The fourth-order valence-corrected chi connectivity index (χ4v) is 4.26. The maximum Gasteiger partial charge on any atom is 0.417 e. The molecule has 2 rings (SSSR count). The zero-order valence-corrected chi connectivity index (χ0v) is 12.1. The van der Waals surface area contributed by atoms with Crippen molar-refractivity contribution in [1.29, 1.82) is 0 Å². The van der Waals surface area contributed by atoms with Gasteiger partial charge >= 0.3 is 6.18 Å². The molecule has 8 heteroatoms. The molecule has 1 aliphatic rings. The second-order valence-corrected chi connectivity index (χ2v) is 6.72. The van der Waals surface area contributed by atoms with E-state index in [1.54, 1.807) is 0 Å². The summed E-state index contributed by atoms with van der Waals surface area (Å²) in [6, 6.07) is 4.18. The summed E-state index contributed by atoms with van der Waals surface area (Å²) < 4.78 is 64.9. The highest BCUT2D eigenvalue weighted by Crippen LogP contribution is 2.40. The van der Waals surface area contributed by atoms with Gasteiger partial charge in [-0.2, -0.15) is 13.2 Å². The van der Waals surface area contributed by atoms with E-state index in [-0.39, 0.29) is 0 Å². The fourth-order valence-electron chi connectivity index (χ4n) is 1.69. The van der Waals surface area contributed by atoms with E-state index in [0.717, 1.165) is 12.1 Å². The summed E-state index contributed by atoms with van der Waals surface area (Å²) in [5, 5.41) is 0.382. The number of sulfonamides is 1. The van der Waals surface area contributed by atoms with Crippen molar-refractivity contribution in [3.05, 3.63) is 29.8 Å². The van der Waals surface area contributed by atoms with Crippen molar-refractivity contribution in [1.82, 2.24) is 4.72 Å². The van der Waals surface area contributed by atoms with Crippen LogP contribution in [-0.4, -0.2) is 19.3 Å². The van der Waals surface area contributed by atoms with Gasteiger partial charge in [0.25, 0.3) is 0 Å². The van der Waals surface area contributed by atoms with Gasteiger partial charge in [0, 0.05) is 10.9 Å². The van der Waals surface area contributed by atoms with Gasteiger partial charge in [0.05, 0.1) is 10.5 Å². The molecule has 0 saturated heterocycles. The molecule has 0 radical (unpaired) electrons. The SMILES string of the molecule is O=S(=O)(NC1(CBr)CC1)c1ccccc1C(F)(F)F. The molecular formula is C11H11BrF3NO2S. The molecule has 19 heavy (non-hydrogen) atoms. The molecule has 106 valence electrons. The van der Waals surface area contributed by atoms with Crippen LogP contribution >= 0.6 is 15.9 Å². The van der Waals surface area contributed by atoms with Gasteiger partial charge in [0.1, 0.15) is 0 Å². The molecule has 1 fully saturated rings. The van der Waals surface area contributed by atoms with Gasteiger partial charge in [-0.05, 0) is 25.0 Å². The maximum atomic E-state index is 12.8. The Labute approximate surface area is 117 Å². The predicted molar refractivity (Wildman–Crippen MR) is 67.5 cm³/mol. The summed E-state index contributed by atoms with van der Waals surface area (Å²) in [4.78, 5) is -0.727. The molecule has 1 aromatic rings. The highest BCUT2D eigenvalue weighted by atomic mass is 79.9. The standard InChI is InChI=1S/C11H11BrF3NO2S/c12-7-10(5-6-10)16-19(17,18)9-4-2-1-3-8(9)11(13,14)15/h1-4,16H,5-7H2. The molecule has 0 unspecified atom stereocenters. The van der Waals surface area contributed by atoms with E-state index in [2.05, 4.69) is 20.7 Å². The molecule has 0 bridgehead atoms. The largest absolute Gasteiger partial charge is 0.417 e. The number of rotatable bonds is 4. The Morgan fingerprint density at radius 1 is 1.26 bits per heavy atom. The minimum absolute atomic E-state index is 0.382. The number of alkyl halides is 4. The van der Waals surface area contributed by atoms with Crippen LogP contribution in [0.2, 0.25) is 0 Å². The lowest BCUT2D eigenvalue weighted by atomic mass is 10.2. The smallest absolute Gasteiger partial charge is 0.207 e. The molecule has 1 saturated carbocycles. The van der Waals surface area contributed by atoms with Crippen LogP contribution in [0, 0.1) is 0 Å². The summed E-state index contributed by atoms with van der Waals surface area (Å²) in [5.41, 5.74) is -1.79. The number of nitrogens with one attached hydrogen (secondary N) is 1. The molecular weight excluding hydrogens is 347 g/mol. The van der Waals surface area contributed by atoms with Gasteiger partial charge in [-0.3, -0.25) is 0 Å². The zero-order chi connectivity index (χ0) is 14.3. The van der Waals surface area contributed by atoms with Crippen LogP contribution in [0.1, 0.15) is 18.4 Å². The third-order valence-corrected chi connectivity index (χ3v) is 5.65. The summed E-state index contributed by atoms with van der Waals surface area (Å²) in [6.07, 6.45) is -3.46. The number of benzene rings is 1. The van der Waals surface area contributed by atoms with E-state index < -0.39 is 32.2 Å². The van der Waals surface area contributed by atoms with Gasteiger partial charge in [-0.15, -0.1) is 0 Å². The predicted octanol–water partition coefficient (Wildman–Crippen LogP) is 2.91. The zero-order valence-electron chi connectivity index (χ0n) is 9.67. The lowest BCUT2D eigenvalue weighted by molar-refractivity contribution is -0.139. The van der Waals surface area contributed by atoms with Crippen LogP contribution < -0.4 is 4.72 Å². The average molecular weight is 358 g/mol. The number of hydrogen-bond acceptors (Lipinski definition) is 2. The second kappa shape index (κ2) is 4.75. The molecule has 0 atom stereocenters. The van der Waals surface area contributed by atoms with Crippen molar-refractivity contribution in [2.45, 2.75) is 29.5 Å². The van der Waals surface area contributed by atoms with E-state index in [4.69, 9.17) is 0 Å². The Bertz CT molecular complexity index is 582. The van der Waals surface area contributed by atoms with Gasteiger partial charge in [-0.1, -0.05) is 28.1 Å². The Hall–Kier alpha value is -0.600. The van der Waals surface area contributed by atoms with Crippen LogP contribution in [0.4, 0.5) is 13.2 Å². The molecule has 0 spiro atoms. The average Bonchev–Trinajstić information content (AvgIpc) is 3.08. The molecule has 3 nitrogen and oxygen atoms in total. The Kier molecular flexibility index (Phi) is 3.70. The number of hydrogen-bond donors (Lipinski definition) is 1. The molecule has 0 aromatic heterocycles. The first-order valence-corrected chi connectivity index (χ1v) is 8.07. The molecule has 0 heterocycles. The van der Waals surface area contributed by atoms with Crippen LogP contribution in [0.5, 0.6) is 0 Å². The Morgan fingerprint density at radius 2 is 1.84 bits per heavy atom. The topological polar surface area (TPSA) is 46.2 Å². The van der Waals surface area contributed by atoms with Gasteiger partial charge in [-0.25, -0.2) is 13.1 Å². The van der Waals surface area contributed by atoms with E-state index in [9.17, 15) is 21.6 Å². The Balaban J connectivity index is 2.41. The first kappa shape index (κ1) is 14.8. The van der Waals surface area contributed by atoms with E-state index in [1.165, 1.54) is 12.1 Å². The van der Waals surface area contributed by atoms with Crippen molar-refractivity contribution in [3.8, 4) is 0 Å². The van der Waals surface area contributed by atoms with Crippen molar-refractivity contribution in [2.75, 3.05) is 5.33 Å². The van der Waals surface area contributed by atoms with Crippen molar-refractivity contribution in [2.24, 2.45) is 0 Å². The first-order chi connectivity index (χ1) is 8.70. The normalized spacial score (nSPS) is 18.3. The third-order valence-electron chi connectivity index (χ3n) is 2.94. The van der Waals surface area contributed by atoms with Crippen LogP contribution in [0.25, 0.3) is 0 Å². The van der Waals surface area contributed by atoms with Gasteiger partial charge in [0.15, 0.2) is 0 Å². The molecule has 1 N–H and O–H groups in total. The van der Waals surface area contributed by atoms with Crippen molar-refractivity contribution >= 4 is 26.0 Å². The number of halogens is 4. The second-order valence-electron chi connectivity index (χ2n) is 4.51. The van der Waals surface area contributed by atoms with Crippen molar-refractivity contribution < 1.29 is 21.6 Å². The Morgan fingerprint density at radius 3 is 2.32 bits per heavy atom.